The number of nitrogens with zero attached hydrogens (tertiary/aromatic N) is 3. The Labute approximate surface area is 175 Å². The molecule has 0 unspecified atom stereocenters. The number of aryl methyl sites for hydroxylation is 1. The molecule has 1 amide bonds. The second-order valence-electron chi connectivity index (χ2n) is 7.31. The van der Waals surface area contributed by atoms with Crippen molar-refractivity contribution < 1.29 is 9.21 Å². The molecule has 0 spiro atoms. The SMILES string of the molecule is Cc1oc(-c2cccs2)nc1CN1CCN(CC(=O)NCc2ccccc2)CC1. The minimum Gasteiger partial charge on any atom is -0.440 e. The van der Waals surface area contributed by atoms with Crippen molar-refractivity contribution in [1.82, 2.24) is 20.1 Å². The summed E-state index contributed by atoms with van der Waals surface area (Å²) in [6, 6.07) is 14.0. The van der Waals surface area contributed by atoms with Crippen molar-refractivity contribution in [3.05, 3.63) is 64.9 Å². The minimum atomic E-state index is 0.0789. The third kappa shape index (κ3) is 5.32. The molecule has 7 heteroatoms. The number of aromatic nitrogens is 1. The monoisotopic (exact) mass is 410 g/mol. The molecular weight excluding hydrogens is 384 g/mol. The van der Waals surface area contributed by atoms with Crippen LogP contribution in [0.5, 0.6) is 0 Å². The van der Waals surface area contributed by atoms with Crippen LogP contribution in [0.4, 0.5) is 0 Å². The number of amides is 1. The van der Waals surface area contributed by atoms with Gasteiger partial charge in [-0.3, -0.25) is 14.6 Å². The molecule has 6 nitrogen and oxygen atoms in total. The van der Waals surface area contributed by atoms with Gasteiger partial charge in [0.05, 0.1) is 17.1 Å². The van der Waals surface area contributed by atoms with Crippen LogP contribution in [0.15, 0.2) is 52.3 Å². The van der Waals surface area contributed by atoms with E-state index in [4.69, 9.17) is 9.40 Å². The quantitative estimate of drug-likeness (QED) is 0.648. The molecule has 0 saturated carbocycles. The minimum absolute atomic E-state index is 0.0789. The number of hydrogen-bond donors (Lipinski definition) is 1. The van der Waals surface area contributed by atoms with E-state index in [2.05, 4.69) is 15.1 Å². The first kappa shape index (κ1) is 19.8. The molecule has 1 fully saturated rings. The molecule has 0 atom stereocenters. The summed E-state index contributed by atoms with van der Waals surface area (Å²) in [5.74, 6) is 1.67. The average molecular weight is 411 g/mol. The number of hydrogen-bond acceptors (Lipinski definition) is 6. The van der Waals surface area contributed by atoms with Crippen LogP contribution in [0.25, 0.3) is 10.8 Å². The summed E-state index contributed by atoms with van der Waals surface area (Å²) in [7, 11) is 0. The Hall–Kier alpha value is -2.48. The van der Waals surface area contributed by atoms with Crippen LogP contribution in [-0.4, -0.2) is 53.4 Å². The largest absolute Gasteiger partial charge is 0.440 e. The number of piperazine rings is 1. The lowest BCUT2D eigenvalue weighted by molar-refractivity contribution is -0.122. The highest BCUT2D eigenvalue weighted by molar-refractivity contribution is 7.13. The van der Waals surface area contributed by atoms with Gasteiger partial charge in [-0.05, 0) is 23.9 Å². The molecule has 1 aliphatic rings. The second-order valence-corrected chi connectivity index (χ2v) is 8.26. The normalized spacial score (nSPS) is 15.5. The van der Waals surface area contributed by atoms with Crippen molar-refractivity contribution in [2.24, 2.45) is 0 Å². The summed E-state index contributed by atoms with van der Waals surface area (Å²) in [6.07, 6.45) is 0. The van der Waals surface area contributed by atoms with Gasteiger partial charge in [-0.25, -0.2) is 4.98 Å². The van der Waals surface area contributed by atoms with E-state index in [1.807, 2.05) is 54.8 Å². The maximum absolute atomic E-state index is 12.2. The van der Waals surface area contributed by atoms with Crippen LogP contribution in [0.1, 0.15) is 17.0 Å². The lowest BCUT2D eigenvalue weighted by atomic mass is 10.2. The van der Waals surface area contributed by atoms with Crippen LogP contribution in [0, 0.1) is 6.92 Å². The Bertz CT molecular complexity index is 916. The topological polar surface area (TPSA) is 61.6 Å². The predicted octanol–water partition coefficient (Wildman–Crippen LogP) is 3.15. The second kappa shape index (κ2) is 9.35. The third-order valence-electron chi connectivity index (χ3n) is 5.16. The summed E-state index contributed by atoms with van der Waals surface area (Å²) in [4.78, 5) is 22.6. The summed E-state index contributed by atoms with van der Waals surface area (Å²) in [5, 5.41) is 5.04. The first-order valence-corrected chi connectivity index (χ1v) is 10.8. The lowest BCUT2D eigenvalue weighted by Gasteiger charge is -2.33. The van der Waals surface area contributed by atoms with Crippen LogP contribution >= 0.6 is 11.3 Å². The molecule has 1 N–H and O–H groups in total. The highest BCUT2D eigenvalue weighted by atomic mass is 32.1. The molecule has 1 saturated heterocycles. The zero-order valence-electron chi connectivity index (χ0n) is 16.6. The first-order valence-electron chi connectivity index (χ1n) is 9.93. The van der Waals surface area contributed by atoms with Crippen LogP contribution in [0.2, 0.25) is 0 Å². The molecule has 29 heavy (non-hydrogen) atoms. The summed E-state index contributed by atoms with van der Waals surface area (Å²) >= 11 is 1.64. The Kier molecular flexibility index (Phi) is 6.39. The Morgan fingerprint density at radius 1 is 1.10 bits per heavy atom. The smallest absolute Gasteiger partial charge is 0.236 e. The summed E-state index contributed by atoms with van der Waals surface area (Å²) in [6.45, 7) is 7.41. The van der Waals surface area contributed by atoms with E-state index < -0.39 is 0 Å². The van der Waals surface area contributed by atoms with Crippen molar-refractivity contribution in [3.8, 4) is 10.8 Å². The summed E-state index contributed by atoms with van der Waals surface area (Å²) < 4.78 is 5.85. The van der Waals surface area contributed by atoms with Crippen molar-refractivity contribution in [3.63, 3.8) is 0 Å². The van der Waals surface area contributed by atoms with Gasteiger partial charge in [0.2, 0.25) is 11.8 Å². The predicted molar refractivity (Wildman–Crippen MR) is 115 cm³/mol. The Morgan fingerprint density at radius 3 is 2.59 bits per heavy atom. The molecular formula is C22H26N4O2S. The number of thiophene rings is 1. The van der Waals surface area contributed by atoms with Crippen molar-refractivity contribution in [2.45, 2.75) is 20.0 Å². The fourth-order valence-corrected chi connectivity index (χ4v) is 4.10. The highest BCUT2D eigenvalue weighted by Gasteiger charge is 2.21. The molecule has 3 aromatic rings. The zero-order valence-corrected chi connectivity index (χ0v) is 17.5. The molecule has 0 radical (unpaired) electrons. The van der Waals surface area contributed by atoms with Gasteiger partial charge >= 0.3 is 0 Å². The van der Waals surface area contributed by atoms with Gasteiger partial charge in [-0.1, -0.05) is 36.4 Å². The number of oxazole rings is 1. The number of benzene rings is 1. The van der Waals surface area contributed by atoms with Crippen molar-refractivity contribution >= 4 is 17.2 Å². The van der Waals surface area contributed by atoms with E-state index in [-0.39, 0.29) is 5.91 Å². The van der Waals surface area contributed by atoms with Crippen molar-refractivity contribution in [1.29, 1.82) is 0 Å². The molecule has 3 heterocycles. The fourth-order valence-electron chi connectivity index (χ4n) is 3.45. The van der Waals surface area contributed by atoms with Gasteiger partial charge in [-0.2, -0.15) is 0 Å². The van der Waals surface area contributed by atoms with E-state index in [9.17, 15) is 4.79 Å². The number of carbonyl (C=O) groups is 1. The zero-order chi connectivity index (χ0) is 20.1. The summed E-state index contributed by atoms with van der Waals surface area (Å²) in [5.41, 5.74) is 2.12. The standard InChI is InChI=1S/C22H26N4O2S/c1-17-19(24-22(28-17)20-8-5-13-29-20)15-25-9-11-26(12-10-25)16-21(27)23-14-18-6-3-2-4-7-18/h2-8,13H,9-12,14-16H2,1H3,(H,23,27). The van der Waals surface area contributed by atoms with E-state index in [0.29, 0.717) is 19.0 Å². The van der Waals surface area contributed by atoms with Crippen LogP contribution in [0.3, 0.4) is 0 Å². The van der Waals surface area contributed by atoms with E-state index in [1.54, 1.807) is 11.3 Å². The van der Waals surface area contributed by atoms with E-state index in [0.717, 1.165) is 54.6 Å². The fraction of sp³-hybridized carbons (Fsp3) is 0.364. The lowest BCUT2D eigenvalue weighted by Crippen LogP contribution is -2.49. The number of rotatable bonds is 7. The van der Waals surface area contributed by atoms with Gasteiger partial charge in [0.25, 0.3) is 0 Å². The van der Waals surface area contributed by atoms with E-state index >= 15 is 0 Å². The van der Waals surface area contributed by atoms with Gasteiger partial charge in [-0.15, -0.1) is 11.3 Å². The number of nitrogens with one attached hydrogen (secondary N) is 1. The van der Waals surface area contributed by atoms with E-state index in [1.165, 1.54) is 0 Å². The maximum Gasteiger partial charge on any atom is 0.236 e. The molecule has 1 aliphatic heterocycles. The average Bonchev–Trinajstić information content (AvgIpc) is 3.39. The molecule has 4 rings (SSSR count). The van der Waals surface area contributed by atoms with Gasteiger partial charge in [0.1, 0.15) is 5.76 Å². The van der Waals surface area contributed by atoms with Gasteiger partial charge < -0.3 is 9.73 Å². The van der Waals surface area contributed by atoms with Gasteiger partial charge in [0, 0.05) is 39.3 Å². The number of carbonyl (C=O) groups excluding carboxylic acids is 1. The highest BCUT2D eigenvalue weighted by Crippen LogP contribution is 2.26. The molecule has 152 valence electrons. The molecule has 0 aliphatic carbocycles. The molecule has 0 bridgehead atoms. The Balaban J connectivity index is 1.22. The van der Waals surface area contributed by atoms with Crippen LogP contribution < -0.4 is 5.32 Å². The van der Waals surface area contributed by atoms with Gasteiger partial charge in [0.15, 0.2) is 0 Å². The molecule has 1 aromatic carbocycles. The van der Waals surface area contributed by atoms with Crippen LogP contribution in [-0.2, 0) is 17.9 Å². The maximum atomic E-state index is 12.2. The Morgan fingerprint density at radius 2 is 1.86 bits per heavy atom. The molecule has 2 aromatic heterocycles. The first-order chi connectivity index (χ1) is 14.2. The third-order valence-corrected chi connectivity index (χ3v) is 6.02. The van der Waals surface area contributed by atoms with Crippen molar-refractivity contribution in [2.75, 3.05) is 32.7 Å².